The third-order valence-electron chi connectivity index (χ3n) is 4.50. The van der Waals surface area contributed by atoms with Crippen LogP contribution in [0.2, 0.25) is 0 Å². The number of nitrogens with zero attached hydrogens (tertiary/aromatic N) is 3. The van der Waals surface area contributed by atoms with Crippen molar-refractivity contribution in [2.24, 2.45) is 0 Å². The van der Waals surface area contributed by atoms with Crippen LogP contribution in [0.5, 0.6) is 0 Å². The van der Waals surface area contributed by atoms with Gasteiger partial charge in [-0.05, 0) is 12.8 Å². The number of carbonyl (C=O) groups excluding carboxylic acids is 1. The Labute approximate surface area is 154 Å². The molecule has 1 saturated heterocycles. The van der Waals surface area contributed by atoms with E-state index in [1.54, 1.807) is 13.2 Å². The molecule has 0 radical (unpaired) electrons. The predicted octanol–water partition coefficient (Wildman–Crippen LogP) is 2.90. The highest BCUT2D eigenvalue weighted by Gasteiger charge is 2.17. The molecule has 0 bridgehead atoms. The summed E-state index contributed by atoms with van der Waals surface area (Å²) in [7, 11) is 1.61. The van der Waals surface area contributed by atoms with E-state index in [1.165, 1.54) is 12.8 Å². The molecule has 2 heterocycles. The van der Waals surface area contributed by atoms with Crippen molar-refractivity contribution in [2.45, 2.75) is 25.7 Å². The Morgan fingerprint density at radius 3 is 2.54 bits per heavy atom. The second-order valence-corrected chi connectivity index (χ2v) is 6.45. The number of aromatic nitrogens is 2. The van der Waals surface area contributed by atoms with Crippen LogP contribution in [0.1, 0.15) is 36.2 Å². The third-order valence-corrected chi connectivity index (χ3v) is 4.50. The van der Waals surface area contributed by atoms with E-state index in [4.69, 9.17) is 9.72 Å². The molecule has 26 heavy (non-hydrogen) atoms. The van der Waals surface area contributed by atoms with Crippen molar-refractivity contribution in [3.8, 4) is 11.4 Å². The van der Waals surface area contributed by atoms with E-state index in [0.717, 1.165) is 37.3 Å². The molecule has 1 N–H and O–H groups in total. The van der Waals surface area contributed by atoms with E-state index in [-0.39, 0.29) is 5.91 Å². The lowest BCUT2D eigenvalue weighted by atomic mass is 10.2. The number of methoxy groups -OCH3 is 1. The largest absolute Gasteiger partial charge is 0.383 e. The Hall–Kier alpha value is -2.47. The molecule has 1 amide bonds. The Morgan fingerprint density at radius 2 is 1.85 bits per heavy atom. The zero-order valence-electron chi connectivity index (χ0n) is 15.3. The van der Waals surface area contributed by atoms with E-state index in [0.29, 0.717) is 24.7 Å². The molecule has 6 heteroatoms. The van der Waals surface area contributed by atoms with Crippen LogP contribution in [0, 0.1) is 0 Å². The standard InChI is InChI=1S/C20H26N4O2/c1-26-14-11-21-20(25)17-15-18(24-12-7-2-3-8-13-24)23-19(22-17)16-9-5-4-6-10-16/h4-6,9-10,15H,2-3,7-8,11-14H2,1H3,(H,21,25). The molecule has 0 unspecified atom stereocenters. The van der Waals surface area contributed by atoms with E-state index >= 15 is 0 Å². The van der Waals surface area contributed by atoms with Crippen LogP contribution >= 0.6 is 0 Å². The van der Waals surface area contributed by atoms with Gasteiger partial charge in [0.25, 0.3) is 5.91 Å². The van der Waals surface area contributed by atoms with E-state index in [9.17, 15) is 4.79 Å². The van der Waals surface area contributed by atoms with Gasteiger partial charge in [0.2, 0.25) is 0 Å². The summed E-state index contributed by atoms with van der Waals surface area (Å²) >= 11 is 0. The Bertz CT molecular complexity index is 713. The fraction of sp³-hybridized carbons (Fsp3) is 0.450. The van der Waals surface area contributed by atoms with Crippen LogP contribution in [0.15, 0.2) is 36.4 Å². The van der Waals surface area contributed by atoms with Crippen LogP contribution in [0.25, 0.3) is 11.4 Å². The number of hydrogen-bond donors (Lipinski definition) is 1. The van der Waals surface area contributed by atoms with Crippen molar-refractivity contribution < 1.29 is 9.53 Å². The number of amides is 1. The van der Waals surface area contributed by atoms with Crippen LogP contribution < -0.4 is 10.2 Å². The maximum absolute atomic E-state index is 12.5. The zero-order chi connectivity index (χ0) is 18.2. The molecule has 6 nitrogen and oxygen atoms in total. The number of ether oxygens (including phenoxy) is 1. The number of anilines is 1. The average Bonchev–Trinajstić information content (AvgIpc) is 2.98. The predicted molar refractivity (Wildman–Crippen MR) is 102 cm³/mol. The monoisotopic (exact) mass is 354 g/mol. The minimum atomic E-state index is -0.197. The van der Waals surface area contributed by atoms with Crippen molar-refractivity contribution in [3.05, 3.63) is 42.1 Å². The molecule has 0 atom stereocenters. The fourth-order valence-corrected chi connectivity index (χ4v) is 3.09. The average molecular weight is 354 g/mol. The minimum Gasteiger partial charge on any atom is -0.383 e. The lowest BCUT2D eigenvalue weighted by Crippen LogP contribution is -2.29. The van der Waals surface area contributed by atoms with Gasteiger partial charge in [0.05, 0.1) is 6.61 Å². The smallest absolute Gasteiger partial charge is 0.270 e. The first kappa shape index (κ1) is 18.3. The maximum atomic E-state index is 12.5. The third kappa shape index (κ3) is 4.79. The van der Waals surface area contributed by atoms with Gasteiger partial charge in [-0.25, -0.2) is 9.97 Å². The van der Waals surface area contributed by atoms with Crippen molar-refractivity contribution in [3.63, 3.8) is 0 Å². The highest BCUT2D eigenvalue weighted by Crippen LogP contribution is 2.22. The van der Waals surface area contributed by atoms with E-state index in [2.05, 4.69) is 15.2 Å². The summed E-state index contributed by atoms with van der Waals surface area (Å²) in [6.45, 7) is 2.87. The Kier molecular flexibility index (Phi) is 6.55. The van der Waals surface area contributed by atoms with Gasteiger partial charge in [-0.2, -0.15) is 0 Å². The van der Waals surface area contributed by atoms with E-state index in [1.807, 2.05) is 30.3 Å². The van der Waals surface area contributed by atoms with Crippen LogP contribution in [-0.2, 0) is 4.74 Å². The number of nitrogens with one attached hydrogen (secondary N) is 1. The first-order valence-electron chi connectivity index (χ1n) is 9.24. The Balaban J connectivity index is 1.92. The second kappa shape index (κ2) is 9.29. The molecule has 0 saturated carbocycles. The number of rotatable bonds is 6. The molecule has 1 aromatic carbocycles. The van der Waals surface area contributed by atoms with Gasteiger partial charge in [0, 0.05) is 38.4 Å². The Morgan fingerprint density at radius 1 is 1.12 bits per heavy atom. The van der Waals surface area contributed by atoms with E-state index < -0.39 is 0 Å². The molecule has 2 aromatic rings. The quantitative estimate of drug-likeness (QED) is 0.808. The normalized spacial score (nSPS) is 14.7. The van der Waals surface area contributed by atoms with Gasteiger partial charge in [-0.3, -0.25) is 4.79 Å². The van der Waals surface area contributed by atoms with Crippen LogP contribution in [0.3, 0.4) is 0 Å². The lowest BCUT2D eigenvalue weighted by molar-refractivity contribution is 0.0932. The van der Waals surface area contributed by atoms with Gasteiger partial charge in [0.15, 0.2) is 5.82 Å². The fourth-order valence-electron chi connectivity index (χ4n) is 3.09. The number of hydrogen-bond acceptors (Lipinski definition) is 5. The molecule has 0 aliphatic carbocycles. The highest BCUT2D eigenvalue weighted by molar-refractivity contribution is 5.93. The minimum absolute atomic E-state index is 0.197. The van der Waals surface area contributed by atoms with Gasteiger partial charge in [0.1, 0.15) is 11.5 Å². The van der Waals surface area contributed by atoms with Crippen molar-refractivity contribution in [2.75, 3.05) is 38.3 Å². The summed E-state index contributed by atoms with van der Waals surface area (Å²) in [4.78, 5) is 24.1. The summed E-state index contributed by atoms with van der Waals surface area (Å²) in [6, 6.07) is 11.6. The highest BCUT2D eigenvalue weighted by atomic mass is 16.5. The molecule has 138 valence electrons. The van der Waals surface area contributed by atoms with Crippen LogP contribution in [-0.4, -0.2) is 49.2 Å². The van der Waals surface area contributed by atoms with Gasteiger partial charge < -0.3 is 15.0 Å². The molecule has 1 aliphatic rings. The maximum Gasteiger partial charge on any atom is 0.270 e. The number of carbonyl (C=O) groups is 1. The van der Waals surface area contributed by atoms with Gasteiger partial charge in [-0.1, -0.05) is 43.2 Å². The summed E-state index contributed by atoms with van der Waals surface area (Å²) < 4.78 is 5.00. The van der Waals surface area contributed by atoms with Crippen molar-refractivity contribution in [1.29, 1.82) is 0 Å². The molecule has 1 aliphatic heterocycles. The summed E-state index contributed by atoms with van der Waals surface area (Å²) in [5.74, 6) is 1.22. The van der Waals surface area contributed by atoms with Crippen LogP contribution in [0.4, 0.5) is 5.82 Å². The molecule has 1 fully saturated rings. The lowest BCUT2D eigenvalue weighted by Gasteiger charge is -2.22. The molecule has 3 rings (SSSR count). The molecular formula is C20H26N4O2. The van der Waals surface area contributed by atoms with Crippen molar-refractivity contribution in [1.82, 2.24) is 15.3 Å². The molecule has 0 spiro atoms. The summed E-state index contributed by atoms with van der Waals surface area (Å²) in [5, 5.41) is 2.85. The SMILES string of the molecule is COCCNC(=O)c1cc(N2CCCCCC2)nc(-c2ccccc2)n1. The molecular weight excluding hydrogens is 328 g/mol. The van der Waals surface area contributed by atoms with Gasteiger partial charge in [-0.15, -0.1) is 0 Å². The summed E-state index contributed by atoms with van der Waals surface area (Å²) in [5.41, 5.74) is 1.31. The topological polar surface area (TPSA) is 67.3 Å². The second-order valence-electron chi connectivity index (χ2n) is 6.45. The van der Waals surface area contributed by atoms with Gasteiger partial charge >= 0.3 is 0 Å². The first-order chi connectivity index (χ1) is 12.8. The number of benzene rings is 1. The first-order valence-corrected chi connectivity index (χ1v) is 9.24. The van der Waals surface area contributed by atoms with Crippen molar-refractivity contribution >= 4 is 11.7 Å². The zero-order valence-corrected chi connectivity index (χ0v) is 15.3. The summed E-state index contributed by atoms with van der Waals surface area (Å²) in [6.07, 6.45) is 4.80. The molecule has 1 aromatic heterocycles.